The van der Waals surface area contributed by atoms with Crippen molar-refractivity contribution < 1.29 is 44.3 Å². The smallest absolute Gasteiger partial charge is 0.406 e. The van der Waals surface area contributed by atoms with Gasteiger partial charge >= 0.3 is 18.7 Å². The number of nitrogens with zero attached hydrogens (tertiary/aromatic N) is 6. The van der Waals surface area contributed by atoms with Crippen LogP contribution in [0.4, 0.5) is 51.1 Å². The van der Waals surface area contributed by atoms with Gasteiger partial charge in [0, 0.05) is 31.9 Å². The third kappa shape index (κ3) is 8.91. The van der Waals surface area contributed by atoms with Gasteiger partial charge in [-0.15, -0.1) is 18.3 Å². The Kier molecular flexibility index (Phi) is 9.88. The van der Waals surface area contributed by atoms with Crippen molar-refractivity contribution in [1.29, 1.82) is 0 Å². The van der Waals surface area contributed by atoms with E-state index in [9.17, 15) is 39.5 Å². The molecule has 0 unspecified atom stereocenters. The SMILES string of the molecule is CCN(CC1CCCCC1)c1ccc(OC(F)(F)F)cc1CN(Cc1cc(C(F)(F)F)cc(C(F)(F)F)c1)c1nnn(C)n1. The quantitative estimate of drug-likeness (QED) is 0.212. The lowest BCUT2D eigenvalue weighted by Crippen LogP contribution is -2.32. The van der Waals surface area contributed by atoms with Gasteiger partial charge in [0.05, 0.1) is 18.2 Å². The molecule has 1 fully saturated rings. The summed E-state index contributed by atoms with van der Waals surface area (Å²) in [4.78, 5) is 4.30. The van der Waals surface area contributed by atoms with E-state index in [0.29, 0.717) is 36.8 Å². The Labute approximate surface area is 247 Å². The standard InChI is InChI=1S/C28H31F9N6O/c1-3-42(15-18-7-5-4-6-8-18)24-10-9-23(44-28(35,36)37)13-20(24)17-43(25-38-40-41(2)39-25)16-19-11-21(26(29,30)31)14-22(12-19)27(32,33)34/h9-14,18H,3-8,15-17H2,1-2H3. The lowest BCUT2D eigenvalue weighted by Gasteiger charge is -2.33. The highest BCUT2D eigenvalue weighted by molar-refractivity contribution is 5.58. The number of anilines is 2. The minimum atomic E-state index is -5.07. The monoisotopic (exact) mass is 638 g/mol. The van der Waals surface area contributed by atoms with Crippen molar-refractivity contribution in [2.75, 3.05) is 22.9 Å². The molecule has 0 aliphatic heterocycles. The summed E-state index contributed by atoms with van der Waals surface area (Å²) >= 11 is 0. The first-order valence-corrected chi connectivity index (χ1v) is 13.9. The second kappa shape index (κ2) is 13.1. The molecule has 4 rings (SSSR count). The van der Waals surface area contributed by atoms with Gasteiger partial charge in [-0.1, -0.05) is 24.4 Å². The molecule has 3 aromatic rings. The lowest BCUT2D eigenvalue weighted by molar-refractivity contribution is -0.274. The Balaban J connectivity index is 1.77. The maximum Gasteiger partial charge on any atom is 0.573 e. The van der Waals surface area contributed by atoms with E-state index in [1.165, 1.54) is 24.1 Å². The van der Waals surface area contributed by atoms with E-state index in [0.717, 1.165) is 43.0 Å². The molecule has 0 atom stereocenters. The summed E-state index contributed by atoms with van der Waals surface area (Å²) in [6.07, 6.45) is -9.88. The zero-order valence-corrected chi connectivity index (χ0v) is 23.9. The van der Waals surface area contributed by atoms with Crippen LogP contribution in [0.5, 0.6) is 5.75 Å². The van der Waals surface area contributed by atoms with E-state index in [-0.39, 0.29) is 29.7 Å². The first-order chi connectivity index (χ1) is 20.5. The number of hydrogen-bond acceptors (Lipinski definition) is 6. The molecule has 0 saturated heterocycles. The molecule has 2 aromatic carbocycles. The topological polar surface area (TPSA) is 59.3 Å². The Bertz CT molecular complexity index is 1370. The molecule has 1 saturated carbocycles. The van der Waals surface area contributed by atoms with Crippen LogP contribution in [-0.2, 0) is 32.5 Å². The van der Waals surface area contributed by atoms with Gasteiger partial charge in [-0.05, 0) is 78.4 Å². The second-order valence-electron chi connectivity index (χ2n) is 10.7. The summed E-state index contributed by atoms with van der Waals surface area (Å²) in [5.74, 6) is -0.330. The summed E-state index contributed by atoms with van der Waals surface area (Å²) < 4.78 is 125. The van der Waals surface area contributed by atoms with Crippen molar-refractivity contribution in [1.82, 2.24) is 20.2 Å². The summed E-state index contributed by atoms with van der Waals surface area (Å²) in [7, 11) is 1.41. The van der Waals surface area contributed by atoms with Crippen LogP contribution in [0.15, 0.2) is 36.4 Å². The highest BCUT2D eigenvalue weighted by Gasteiger charge is 2.37. The largest absolute Gasteiger partial charge is 0.573 e. The average molecular weight is 639 g/mol. The number of hydrogen-bond donors (Lipinski definition) is 0. The van der Waals surface area contributed by atoms with Gasteiger partial charge in [0.2, 0.25) is 0 Å². The molecule has 1 aromatic heterocycles. The van der Waals surface area contributed by atoms with Gasteiger partial charge in [-0.3, -0.25) is 0 Å². The zero-order chi connectivity index (χ0) is 32.3. The maximum absolute atomic E-state index is 13.6. The van der Waals surface area contributed by atoms with E-state index in [2.05, 4.69) is 20.1 Å². The summed E-state index contributed by atoms with van der Waals surface area (Å²) in [6.45, 7) is 2.17. The van der Waals surface area contributed by atoms with E-state index in [1.807, 2.05) is 11.8 Å². The number of halogens is 9. The normalized spacial score (nSPS) is 15.0. The third-order valence-corrected chi connectivity index (χ3v) is 7.37. The van der Waals surface area contributed by atoms with Crippen molar-refractivity contribution in [3.05, 3.63) is 58.7 Å². The Morgan fingerprint density at radius 3 is 2.00 bits per heavy atom. The van der Waals surface area contributed by atoms with Gasteiger partial charge in [-0.2, -0.15) is 31.1 Å². The minimum Gasteiger partial charge on any atom is -0.406 e. The van der Waals surface area contributed by atoms with E-state index in [1.54, 1.807) is 0 Å². The third-order valence-electron chi connectivity index (χ3n) is 7.37. The van der Waals surface area contributed by atoms with Gasteiger partial charge in [0.1, 0.15) is 5.75 Å². The van der Waals surface area contributed by atoms with Crippen LogP contribution < -0.4 is 14.5 Å². The number of benzene rings is 2. The maximum atomic E-state index is 13.6. The average Bonchev–Trinajstić information content (AvgIpc) is 3.36. The Morgan fingerprint density at radius 1 is 0.841 bits per heavy atom. The molecule has 0 spiro atoms. The predicted octanol–water partition coefficient (Wildman–Crippen LogP) is 7.76. The number of rotatable bonds is 10. The molecule has 0 N–H and O–H groups in total. The van der Waals surface area contributed by atoms with Crippen LogP contribution in [0.2, 0.25) is 0 Å². The predicted molar refractivity (Wildman–Crippen MR) is 143 cm³/mol. The molecule has 1 heterocycles. The fourth-order valence-corrected chi connectivity index (χ4v) is 5.41. The number of aryl methyl sites for hydroxylation is 1. The minimum absolute atomic E-state index is 0.0227. The first-order valence-electron chi connectivity index (χ1n) is 13.9. The molecular formula is C28H31F9N6O. The Morgan fingerprint density at radius 2 is 1.48 bits per heavy atom. The van der Waals surface area contributed by atoms with Crippen molar-refractivity contribution in [2.24, 2.45) is 13.0 Å². The van der Waals surface area contributed by atoms with Gasteiger partial charge in [-0.25, -0.2) is 0 Å². The fraction of sp³-hybridized carbons (Fsp3) is 0.536. The lowest BCUT2D eigenvalue weighted by atomic mass is 9.88. The van der Waals surface area contributed by atoms with Crippen molar-refractivity contribution in [3.63, 3.8) is 0 Å². The molecule has 1 aliphatic carbocycles. The number of tetrazole rings is 1. The van der Waals surface area contributed by atoms with E-state index < -0.39 is 42.1 Å². The number of ether oxygens (including phenoxy) is 1. The van der Waals surface area contributed by atoms with Crippen molar-refractivity contribution in [2.45, 2.75) is 70.8 Å². The van der Waals surface area contributed by atoms with Crippen LogP contribution in [-0.4, -0.2) is 39.7 Å². The van der Waals surface area contributed by atoms with Gasteiger partial charge in [0.15, 0.2) is 0 Å². The van der Waals surface area contributed by atoms with Crippen molar-refractivity contribution in [3.8, 4) is 5.75 Å². The molecule has 44 heavy (non-hydrogen) atoms. The van der Waals surface area contributed by atoms with E-state index in [4.69, 9.17) is 0 Å². The number of aromatic nitrogens is 4. The molecule has 0 amide bonds. The molecule has 0 radical (unpaired) electrons. The number of alkyl halides is 9. The summed E-state index contributed by atoms with van der Waals surface area (Å²) in [5.41, 5.74) is -2.54. The van der Waals surface area contributed by atoms with Crippen LogP contribution in [0.1, 0.15) is 61.3 Å². The highest BCUT2D eigenvalue weighted by Crippen LogP contribution is 2.38. The van der Waals surface area contributed by atoms with Gasteiger partial charge in [0.25, 0.3) is 5.95 Å². The highest BCUT2D eigenvalue weighted by atomic mass is 19.4. The van der Waals surface area contributed by atoms with Gasteiger partial charge < -0.3 is 14.5 Å². The molecule has 242 valence electrons. The fourth-order valence-electron chi connectivity index (χ4n) is 5.41. The Hall–Kier alpha value is -3.72. The first kappa shape index (κ1) is 33.2. The molecule has 16 heteroatoms. The second-order valence-corrected chi connectivity index (χ2v) is 10.7. The summed E-state index contributed by atoms with van der Waals surface area (Å²) in [5, 5.41) is 11.7. The van der Waals surface area contributed by atoms with Crippen molar-refractivity contribution >= 4 is 11.6 Å². The van der Waals surface area contributed by atoms with E-state index >= 15 is 0 Å². The summed E-state index contributed by atoms with van der Waals surface area (Å²) in [6, 6.07) is 4.99. The van der Waals surface area contributed by atoms with Crippen LogP contribution in [0.25, 0.3) is 0 Å². The molecule has 1 aliphatic rings. The van der Waals surface area contributed by atoms with Crippen LogP contribution in [0, 0.1) is 5.92 Å². The van der Waals surface area contributed by atoms with Crippen LogP contribution >= 0.6 is 0 Å². The molecule has 0 bridgehead atoms. The molecular weight excluding hydrogens is 607 g/mol. The molecule has 7 nitrogen and oxygen atoms in total. The van der Waals surface area contributed by atoms with Crippen LogP contribution in [0.3, 0.4) is 0 Å². The zero-order valence-electron chi connectivity index (χ0n) is 23.9.